The molecule has 0 saturated heterocycles. The monoisotopic (exact) mass is 180 g/mol. The standard InChI is InChI=1S/C8H12N4O/c9-7-6(4-11-12-7)3-10-8(13)5-1-2-5/h4-5H,1-3H2,(H,10,13)(H3,9,11,12). The second kappa shape index (κ2) is 3.08. The molecular weight excluding hydrogens is 168 g/mol. The minimum Gasteiger partial charge on any atom is -0.384 e. The number of H-pyrrole nitrogens is 1. The molecule has 5 heteroatoms. The molecule has 1 fully saturated rings. The molecule has 0 spiro atoms. The van der Waals surface area contributed by atoms with Crippen molar-refractivity contribution in [2.45, 2.75) is 19.4 Å². The molecule has 0 aromatic carbocycles. The second-order valence-corrected chi connectivity index (χ2v) is 3.30. The van der Waals surface area contributed by atoms with Gasteiger partial charge in [0.2, 0.25) is 5.91 Å². The van der Waals surface area contributed by atoms with Gasteiger partial charge in [0.15, 0.2) is 0 Å². The maximum Gasteiger partial charge on any atom is 0.223 e. The Morgan fingerprint density at radius 3 is 3.08 bits per heavy atom. The predicted molar refractivity (Wildman–Crippen MR) is 47.6 cm³/mol. The van der Waals surface area contributed by atoms with Gasteiger partial charge in [-0.1, -0.05) is 0 Å². The number of nitrogens with zero attached hydrogens (tertiary/aromatic N) is 1. The van der Waals surface area contributed by atoms with Crippen molar-refractivity contribution in [3.8, 4) is 0 Å². The van der Waals surface area contributed by atoms with Crippen molar-refractivity contribution in [3.05, 3.63) is 11.8 Å². The maximum absolute atomic E-state index is 11.2. The lowest BCUT2D eigenvalue weighted by molar-refractivity contribution is -0.122. The number of aromatic amines is 1. The zero-order chi connectivity index (χ0) is 9.26. The number of aromatic nitrogens is 2. The van der Waals surface area contributed by atoms with Crippen molar-refractivity contribution < 1.29 is 4.79 Å². The van der Waals surface area contributed by atoms with E-state index in [1.807, 2.05) is 0 Å². The van der Waals surface area contributed by atoms with E-state index in [-0.39, 0.29) is 11.8 Å². The highest BCUT2D eigenvalue weighted by molar-refractivity contribution is 5.80. The summed E-state index contributed by atoms with van der Waals surface area (Å²) < 4.78 is 0. The Kier molecular flexibility index (Phi) is 1.92. The number of hydrogen-bond donors (Lipinski definition) is 3. The van der Waals surface area contributed by atoms with Crippen LogP contribution in [0.4, 0.5) is 5.82 Å². The molecule has 1 aliphatic carbocycles. The fourth-order valence-electron chi connectivity index (χ4n) is 1.13. The normalized spacial score (nSPS) is 15.7. The number of anilines is 1. The number of carbonyl (C=O) groups is 1. The van der Waals surface area contributed by atoms with Crippen LogP contribution in [0.1, 0.15) is 18.4 Å². The molecular formula is C8H12N4O. The Bertz CT molecular complexity index is 316. The third kappa shape index (κ3) is 1.80. The minimum absolute atomic E-state index is 0.126. The van der Waals surface area contributed by atoms with Crippen molar-refractivity contribution in [1.29, 1.82) is 0 Å². The molecule has 4 N–H and O–H groups in total. The summed E-state index contributed by atoms with van der Waals surface area (Å²) in [6.07, 6.45) is 3.67. The Morgan fingerprint density at radius 2 is 2.54 bits per heavy atom. The number of nitrogen functional groups attached to an aromatic ring is 1. The molecule has 1 aromatic rings. The van der Waals surface area contributed by atoms with Crippen molar-refractivity contribution in [2.24, 2.45) is 5.92 Å². The summed E-state index contributed by atoms with van der Waals surface area (Å²) in [5.41, 5.74) is 6.39. The summed E-state index contributed by atoms with van der Waals surface area (Å²) in [6.45, 7) is 0.470. The fourth-order valence-corrected chi connectivity index (χ4v) is 1.13. The molecule has 1 aromatic heterocycles. The molecule has 1 heterocycles. The number of nitrogens with one attached hydrogen (secondary N) is 2. The van der Waals surface area contributed by atoms with Crippen molar-refractivity contribution in [2.75, 3.05) is 5.73 Å². The average Bonchev–Trinajstić information content (AvgIpc) is 2.88. The quantitative estimate of drug-likeness (QED) is 0.613. The van der Waals surface area contributed by atoms with E-state index in [0.717, 1.165) is 18.4 Å². The van der Waals surface area contributed by atoms with Gasteiger partial charge in [-0.2, -0.15) is 5.10 Å². The van der Waals surface area contributed by atoms with E-state index in [4.69, 9.17) is 5.73 Å². The lowest BCUT2D eigenvalue weighted by atomic mass is 10.3. The van der Waals surface area contributed by atoms with Gasteiger partial charge in [-0.3, -0.25) is 9.89 Å². The van der Waals surface area contributed by atoms with Crippen LogP contribution in [0.5, 0.6) is 0 Å². The zero-order valence-electron chi connectivity index (χ0n) is 7.21. The Balaban J connectivity index is 1.85. The first kappa shape index (κ1) is 8.10. The molecule has 0 bridgehead atoms. The van der Waals surface area contributed by atoms with Crippen LogP contribution in [-0.2, 0) is 11.3 Å². The summed E-state index contributed by atoms with van der Waals surface area (Å²) in [5.74, 6) is 0.893. The van der Waals surface area contributed by atoms with Gasteiger partial charge in [0.1, 0.15) is 5.82 Å². The van der Waals surface area contributed by atoms with Gasteiger partial charge in [0.25, 0.3) is 0 Å². The first-order valence-electron chi connectivity index (χ1n) is 4.33. The zero-order valence-corrected chi connectivity index (χ0v) is 7.21. The van der Waals surface area contributed by atoms with Crippen molar-refractivity contribution in [1.82, 2.24) is 15.5 Å². The fraction of sp³-hybridized carbons (Fsp3) is 0.500. The van der Waals surface area contributed by atoms with Crippen LogP contribution < -0.4 is 11.1 Å². The molecule has 0 unspecified atom stereocenters. The van der Waals surface area contributed by atoms with E-state index in [1.54, 1.807) is 6.20 Å². The third-order valence-electron chi connectivity index (χ3n) is 2.15. The average molecular weight is 180 g/mol. The van der Waals surface area contributed by atoms with Gasteiger partial charge >= 0.3 is 0 Å². The van der Waals surface area contributed by atoms with Gasteiger partial charge in [0, 0.05) is 18.0 Å². The van der Waals surface area contributed by atoms with E-state index in [1.165, 1.54) is 0 Å². The minimum atomic E-state index is 0.126. The van der Waals surface area contributed by atoms with Crippen LogP contribution >= 0.6 is 0 Å². The molecule has 0 radical (unpaired) electrons. The second-order valence-electron chi connectivity index (χ2n) is 3.30. The lowest BCUT2D eigenvalue weighted by Gasteiger charge is -2.01. The number of carbonyl (C=O) groups excluding carboxylic acids is 1. The van der Waals surface area contributed by atoms with Gasteiger partial charge in [0.05, 0.1) is 6.20 Å². The molecule has 2 rings (SSSR count). The molecule has 0 aliphatic heterocycles. The van der Waals surface area contributed by atoms with Crippen LogP contribution in [0.15, 0.2) is 6.20 Å². The highest BCUT2D eigenvalue weighted by Crippen LogP contribution is 2.28. The Labute approximate surface area is 75.7 Å². The molecule has 1 amide bonds. The summed E-state index contributed by atoms with van der Waals surface area (Å²) in [4.78, 5) is 11.2. The third-order valence-corrected chi connectivity index (χ3v) is 2.15. The molecule has 13 heavy (non-hydrogen) atoms. The summed E-state index contributed by atoms with van der Waals surface area (Å²) in [5, 5.41) is 9.18. The van der Waals surface area contributed by atoms with E-state index in [2.05, 4.69) is 15.5 Å². The molecule has 1 saturated carbocycles. The smallest absolute Gasteiger partial charge is 0.223 e. The van der Waals surface area contributed by atoms with E-state index in [0.29, 0.717) is 12.4 Å². The van der Waals surface area contributed by atoms with Crippen molar-refractivity contribution >= 4 is 11.7 Å². The van der Waals surface area contributed by atoms with Crippen LogP contribution in [-0.4, -0.2) is 16.1 Å². The highest BCUT2D eigenvalue weighted by atomic mass is 16.2. The van der Waals surface area contributed by atoms with Gasteiger partial charge < -0.3 is 11.1 Å². The first-order valence-corrected chi connectivity index (χ1v) is 4.33. The van der Waals surface area contributed by atoms with Crippen LogP contribution in [0.2, 0.25) is 0 Å². The molecule has 5 nitrogen and oxygen atoms in total. The van der Waals surface area contributed by atoms with Crippen LogP contribution in [0.3, 0.4) is 0 Å². The number of hydrogen-bond acceptors (Lipinski definition) is 3. The summed E-state index contributed by atoms with van der Waals surface area (Å²) >= 11 is 0. The number of rotatable bonds is 3. The van der Waals surface area contributed by atoms with Crippen molar-refractivity contribution in [3.63, 3.8) is 0 Å². The predicted octanol–water partition coefficient (Wildman–Crippen LogP) is 0.0181. The van der Waals surface area contributed by atoms with Gasteiger partial charge in [-0.15, -0.1) is 0 Å². The first-order chi connectivity index (χ1) is 6.27. The molecule has 0 atom stereocenters. The lowest BCUT2D eigenvalue weighted by Crippen LogP contribution is -2.24. The number of nitrogens with two attached hydrogens (primary N) is 1. The van der Waals surface area contributed by atoms with Crippen LogP contribution in [0, 0.1) is 5.92 Å². The van der Waals surface area contributed by atoms with E-state index in [9.17, 15) is 4.79 Å². The van der Waals surface area contributed by atoms with Gasteiger partial charge in [-0.25, -0.2) is 0 Å². The molecule has 1 aliphatic rings. The highest BCUT2D eigenvalue weighted by Gasteiger charge is 2.29. The Hall–Kier alpha value is -1.52. The Morgan fingerprint density at radius 1 is 1.77 bits per heavy atom. The summed E-state index contributed by atoms with van der Waals surface area (Å²) in [6, 6.07) is 0. The largest absolute Gasteiger partial charge is 0.384 e. The number of amides is 1. The van der Waals surface area contributed by atoms with E-state index < -0.39 is 0 Å². The maximum atomic E-state index is 11.2. The topological polar surface area (TPSA) is 83.8 Å². The SMILES string of the molecule is Nc1[nH]ncc1CNC(=O)C1CC1. The van der Waals surface area contributed by atoms with Gasteiger partial charge in [-0.05, 0) is 12.8 Å². The van der Waals surface area contributed by atoms with E-state index >= 15 is 0 Å². The molecule has 70 valence electrons. The summed E-state index contributed by atoms with van der Waals surface area (Å²) in [7, 11) is 0. The van der Waals surface area contributed by atoms with Crippen LogP contribution in [0.25, 0.3) is 0 Å².